The second-order valence-electron chi connectivity index (χ2n) is 11.3. The van der Waals surface area contributed by atoms with E-state index in [9.17, 15) is 14.7 Å². The molecule has 2 fully saturated rings. The predicted octanol–water partition coefficient (Wildman–Crippen LogP) is 6.55. The summed E-state index contributed by atoms with van der Waals surface area (Å²) in [6.07, 6.45) is 6.21. The zero-order valence-electron chi connectivity index (χ0n) is 23.5. The zero-order valence-corrected chi connectivity index (χ0v) is 23.5. The standard InChI is InChI=1S/C34H41N3O3/c1-25(28-17-15-27(24-38)16-18-28)35-33(39)32-12-6-5-11-31(32)29-19-13-26(14-20-29)23-37(30-9-3-2-4-10-30)34(40)36-21-7-8-22-36/h2-4,9-10,13-20,25,31-32,38H,5-8,11-12,21-24H2,1H3,(H,35,39)/t25?,31-,32+/m1/s1. The lowest BCUT2D eigenvalue weighted by Crippen LogP contribution is -2.41. The van der Waals surface area contributed by atoms with Crippen molar-refractivity contribution in [2.24, 2.45) is 5.92 Å². The summed E-state index contributed by atoms with van der Waals surface area (Å²) in [4.78, 5) is 30.7. The first kappa shape index (κ1) is 27.9. The Labute approximate surface area is 238 Å². The van der Waals surface area contributed by atoms with Crippen LogP contribution in [0.5, 0.6) is 0 Å². The fraction of sp³-hybridized carbons (Fsp3) is 0.412. The molecule has 1 aliphatic carbocycles. The van der Waals surface area contributed by atoms with E-state index in [1.54, 1.807) is 0 Å². The van der Waals surface area contributed by atoms with Crippen molar-refractivity contribution >= 4 is 17.6 Å². The number of rotatable bonds is 8. The molecular formula is C34H41N3O3. The van der Waals surface area contributed by atoms with Crippen molar-refractivity contribution < 1.29 is 14.7 Å². The van der Waals surface area contributed by atoms with Crippen LogP contribution in [0.4, 0.5) is 10.5 Å². The molecule has 3 aromatic rings. The first-order valence-corrected chi connectivity index (χ1v) is 14.7. The van der Waals surface area contributed by atoms with Crippen LogP contribution >= 0.6 is 0 Å². The molecule has 40 heavy (non-hydrogen) atoms. The van der Waals surface area contributed by atoms with Gasteiger partial charge < -0.3 is 15.3 Å². The van der Waals surface area contributed by atoms with E-state index in [4.69, 9.17) is 0 Å². The molecule has 6 nitrogen and oxygen atoms in total. The van der Waals surface area contributed by atoms with Gasteiger partial charge in [-0.15, -0.1) is 0 Å². The molecule has 3 atom stereocenters. The quantitative estimate of drug-likeness (QED) is 0.341. The van der Waals surface area contributed by atoms with Crippen molar-refractivity contribution in [3.05, 3.63) is 101 Å². The highest BCUT2D eigenvalue weighted by Crippen LogP contribution is 2.38. The van der Waals surface area contributed by atoms with E-state index in [1.807, 2.05) is 71.3 Å². The number of aliphatic hydroxyl groups is 1. The van der Waals surface area contributed by atoms with E-state index in [1.165, 1.54) is 5.56 Å². The molecule has 1 aliphatic heterocycles. The Hall–Kier alpha value is -3.64. The normalized spacial score (nSPS) is 19.7. The minimum absolute atomic E-state index is 0.0165. The number of amides is 3. The van der Waals surface area contributed by atoms with Crippen LogP contribution in [0.15, 0.2) is 78.9 Å². The third kappa shape index (κ3) is 6.56. The lowest BCUT2D eigenvalue weighted by molar-refractivity contribution is -0.127. The molecule has 0 radical (unpaired) electrons. The van der Waals surface area contributed by atoms with E-state index in [0.29, 0.717) is 6.54 Å². The lowest BCUT2D eigenvalue weighted by atomic mass is 9.74. The zero-order chi connectivity index (χ0) is 27.9. The maximum Gasteiger partial charge on any atom is 0.324 e. The van der Waals surface area contributed by atoms with Gasteiger partial charge in [-0.25, -0.2) is 4.79 Å². The minimum atomic E-state index is -0.0951. The average Bonchev–Trinajstić information content (AvgIpc) is 3.56. The van der Waals surface area contributed by atoms with E-state index in [-0.39, 0.29) is 36.4 Å². The monoisotopic (exact) mass is 539 g/mol. The molecule has 5 rings (SSSR count). The van der Waals surface area contributed by atoms with Gasteiger partial charge in [0.25, 0.3) is 0 Å². The first-order valence-electron chi connectivity index (χ1n) is 14.7. The van der Waals surface area contributed by atoms with Gasteiger partial charge in [-0.05, 0) is 72.9 Å². The minimum Gasteiger partial charge on any atom is -0.392 e. The molecule has 1 unspecified atom stereocenters. The lowest BCUT2D eigenvalue weighted by Gasteiger charge is -2.32. The summed E-state index contributed by atoms with van der Waals surface area (Å²) >= 11 is 0. The highest BCUT2D eigenvalue weighted by atomic mass is 16.3. The molecule has 0 bridgehead atoms. The molecule has 6 heteroatoms. The third-order valence-electron chi connectivity index (χ3n) is 8.55. The summed E-state index contributed by atoms with van der Waals surface area (Å²) in [6, 6.07) is 26.2. The molecule has 210 valence electrons. The van der Waals surface area contributed by atoms with Crippen LogP contribution < -0.4 is 10.2 Å². The number of carbonyl (C=O) groups is 2. The molecule has 0 aromatic heterocycles. The number of anilines is 1. The summed E-state index contributed by atoms with van der Waals surface area (Å²) in [5.41, 5.74) is 5.09. The number of hydrogen-bond donors (Lipinski definition) is 2. The largest absolute Gasteiger partial charge is 0.392 e. The maximum atomic E-state index is 13.5. The summed E-state index contributed by atoms with van der Waals surface area (Å²) in [7, 11) is 0. The van der Waals surface area contributed by atoms with Crippen molar-refractivity contribution in [3.63, 3.8) is 0 Å². The molecule has 3 amide bonds. The Balaban J connectivity index is 1.28. The Morgan fingerprint density at radius 1 is 0.875 bits per heavy atom. The van der Waals surface area contributed by atoms with E-state index in [0.717, 1.165) is 74.0 Å². The van der Waals surface area contributed by atoms with Gasteiger partial charge in [-0.2, -0.15) is 0 Å². The van der Waals surface area contributed by atoms with Gasteiger partial charge in [-0.3, -0.25) is 9.69 Å². The predicted molar refractivity (Wildman–Crippen MR) is 159 cm³/mol. The van der Waals surface area contributed by atoms with Gasteiger partial charge in [0.2, 0.25) is 5.91 Å². The van der Waals surface area contributed by atoms with E-state index < -0.39 is 0 Å². The van der Waals surface area contributed by atoms with E-state index in [2.05, 4.69) is 29.6 Å². The number of urea groups is 1. The fourth-order valence-corrected chi connectivity index (χ4v) is 6.17. The number of nitrogens with zero attached hydrogens (tertiary/aromatic N) is 2. The van der Waals surface area contributed by atoms with Crippen molar-refractivity contribution in [2.75, 3.05) is 18.0 Å². The smallest absolute Gasteiger partial charge is 0.324 e. The van der Waals surface area contributed by atoms with Gasteiger partial charge in [0, 0.05) is 24.7 Å². The van der Waals surface area contributed by atoms with Crippen LogP contribution in [0.25, 0.3) is 0 Å². The number of carbonyl (C=O) groups excluding carboxylic acids is 2. The highest BCUT2D eigenvalue weighted by molar-refractivity contribution is 5.92. The maximum absolute atomic E-state index is 13.5. The Bertz CT molecular complexity index is 1250. The van der Waals surface area contributed by atoms with Crippen molar-refractivity contribution in [3.8, 4) is 0 Å². The number of para-hydroxylation sites is 1. The Morgan fingerprint density at radius 2 is 1.52 bits per heavy atom. The van der Waals surface area contributed by atoms with Gasteiger partial charge in [-0.1, -0.05) is 79.6 Å². The van der Waals surface area contributed by atoms with Gasteiger partial charge in [0.05, 0.1) is 19.2 Å². The molecule has 3 aromatic carbocycles. The van der Waals surface area contributed by atoms with Gasteiger partial charge in [0.15, 0.2) is 0 Å². The van der Waals surface area contributed by atoms with Gasteiger partial charge in [0.1, 0.15) is 0 Å². The molecule has 2 aliphatic rings. The molecule has 2 N–H and O–H groups in total. The molecular weight excluding hydrogens is 498 g/mol. The molecule has 1 heterocycles. The van der Waals surface area contributed by atoms with Crippen LogP contribution in [0, 0.1) is 5.92 Å². The summed E-state index contributed by atoms with van der Waals surface area (Å²) in [5, 5.41) is 12.6. The number of hydrogen-bond acceptors (Lipinski definition) is 3. The number of nitrogens with one attached hydrogen (secondary N) is 1. The second-order valence-corrected chi connectivity index (χ2v) is 11.3. The van der Waals surface area contributed by atoms with Crippen molar-refractivity contribution in [1.82, 2.24) is 10.2 Å². The van der Waals surface area contributed by atoms with Crippen LogP contribution in [-0.4, -0.2) is 35.0 Å². The van der Waals surface area contributed by atoms with Crippen LogP contribution in [0.2, 0.25) is 0 Å². The van der Waals surface area contributed by atoms with Crippen molar-refractivity contribution in [1.29, 1.82) is 0 Å². The fourth-order valence-electron chi connectivity index (χ4n) is 6.17. The first-order chi connectivity index (χ1) is 19.5. The number of benzene rings is 3. The van der Waals surface area contributed by atoms with E-state index >= 15 is 0 Å². The number of aliphatic hydroxyl groups excluding tert-OH is 1. The van der Waals surface area contributed by atoms with Crippen LogP contribution in [0.1, 0.15) is 79.7 Å². The Kier molecular flexibility index (Phi) is 9.17. The number of likely N-dealkylation sites (tertiary alicyclic amines) is 1. The summed E-state index contributed by atoms with van der Waals surface area (Å²) in [6.45, 7) is 4.18. The van der Waals surface area contributed by atoms with Crippen molar-refractivity contribution in [2.45, 2.75) is 70.6 Å². The topological polar surface area (TPSA) is 72.9 Å². The van der Waals surface area contributed by atoms with Crippen LogP contribution in [0.3, 0.4) is 0 Å². The van der Waals surface area contributed by atoms with Crippen LogP contribution in [-0.2, 0) is 17.9 Å². The molecule has 1 saturated heterocycles. The molecule has 0 spiro atoms. The third-order valence-corrected chi connectivity index (χ3v) is 8.55. The highest BCUT2D eigenvalue weighted by Gasteiger charge is 2.33. The van der Waals surface area contributed by atoms with Gasteiger partial charge >= 0.3 is 6.03 Å². The SMILES string of the molecule is CC(NC(=O)[C@H]1CCCC[C@@H]1c1ccc(CN(C(=O)N2CCCC2)c2ccccc2)cc1)c1ccc(CO)cc1. The molecule has 1 saturated carbocycles. The average molecular weight is 540 g/mol. The summed E-state index contributed by atoms with van der Waals surface area (Å²) < 4.78 is 0. The summed E-state index contributed by atoms with van der Waals surface area (Å²) in [5.74, 6) is 0.235. The second kappa shape index (κ2) is 13.1. The Morgan fingerprint density at radius 3 is 2.20 bits per heavy atom.